The predicted molar refractivity (Wildman–Crippen MR) is 43.9 cm³/mol. The first-order chi connectivity index (χ1) is 5.61. The summed E-state index contributed by atoms with van der Waals surface area (Å²) in [6.07, 6.45) is 3.51. The first-order valence-electron chi connectivity index (χ1n) is 3.80. The molecule has 0 aromatic carbocycles. The van der Waals surface area contributed by atoms with Crippen molar-refractivity contribution in [3.63, 3.8) is 0 Å². The van der Waals surface area contributed by atoms with Gasteiger partial charge >= 0.3 is 0 Å². The SMILES string of the molecule is CC(=O)N1C=CCN(C(C)=O)C1. The van der Waals surface area contributed by atoms with Gasteiger partial charge in [0, 0.05) is 26.6 Å². The first kappa shape index (κ1) is 8.77. The van der Waals surface area contributed by atoms with E-state index in [-0.39, 0.29) is 11.8 Å². The second-order valence-corrected chi connectivity index (χ2v) is 2.76. The summed E-state index contributed by atoms with van der Waals surface area (Å²) < 4.78 is 0. The Morgan fingerprint density at radius 2 is 1.92 bits per heavy atom. The standard InChI is InChI=1S/C8H12N2O2/c1-7(11)9-4-3-5-10(6-9)8(2)12/h3-4H,5-6H2,1-2H3. The molecule has 0 spiro atoms. The molecule has 4 nitrogen and oxygen atoms in total. The summed E-state index contributed by atoms with van der Waals surface area (Å²) >= 11 is 0. The second-order valence-electron chi connectivity index (χ2n) is 2.76. The Bertz CT molecular complexity index is 235. The van der Waals surface area contributed by atoms with Crippen molar-refractivity contribution in [3.05, 3.63) is 12.3 Å². The number of nitrogens with zero attached hydrogens (tertiary/aromatic N) is 2. The molecule has 0 saturated heterocycles. The van der Waals surface area contributed by atoms with Gasteiger partial charge in [-0.05, 0) is 6.08 Å². The van der Waals surface area contributed by atoms with E-state index in [0.29, 0.717) is 13.2 Å². The van der Waals surface area contributed by atoms with E-state index in [0.717, 1.165) is 0 Å². The Labute approximate surface area is 71.4 Å². The van der Waals surface area contributed by atoms with E-state index in [1.54, 1.807) is 17.2 Å². The third-order valence-corrected chi connectivity index (χ3v) is 1.78. The zero-order chi connectivity index (χ0) is 9.14. The van der Waals surface area contributed by atoms with Crippen LogP contribution in [0.3, 0.4) is 0 Å². The molecule has 1 aliphatic heterocycles. The Kier molecular flexibility index (Phi) is 2.47. The summed E-state index contributed by atoms with van der Waals surface area (Å²) in [7, 11) is 0. The highest BCUT2D eigenvalue weighted by atomic mass is 16.2. The van der Waals surface area contributed by atoms with E-state index in [1.807, 2.05) is 0 Å². The topological polar surface area (TPSA) is 40.6 Å². The number of carbonyl (C=O) groups excluding carboxylic acids is 2. The summed E-state index contributed by atoms with van der Waals surface area (Å²) in [5.41, 5.74) is 0. The maximum Gasteiger partial charge on any atom is 0.224 e. The van der Waals surface area contributed by atoms with Crippen LogP contribution < -0.4 is 0 Å². The Morgan fingerprint density at radius 3 is 2.42 bits per heavy atom. The molecular weight excluding hydrogens is 156 g/mol. The molecule has 4 heteroatoms. The summed E-state index contributed by atoms with van der Waals surface area (Å²) in [6.45, 7) is 3.95. The maximum absolute atomic E-state index is 10.9. The molecule has 0 saturated carbocycles. The van der Waals surface area contributed by atoms with Gasteiger partial charge in [-0.1, -0.05) is 0 Å². The van der Waals surface area contributed by atoms with Gasteiger partial charge < -0.3 is 9.80 Å². The molecular formula is C8H12N2O2. The molecule has 0 unspecified atom stereocenters. The van der Waals surface area contributed by atoms with Gasteiger partial charge in [0.1, 0.15) is 6.67 Å². The Balaban J connectivity index is 2.63. The molecule has 0 N–H and O–H groups in total. The van der Waals surface area contributed by atoms with E-state index in [1.165, 1.54) is 18.7 Å². The molecule has 2 amide bonds. The van der Waals surface area contributed by atoms with Crippen molar-refractivity contribution in [2.75, 3.05) is 13.2 Å². The normalized spacial score (nSPS) is 16.5. The van der Waals surface area contributed by atoms with Gasteiger partial charge in [0.05, 0.1) is 0 Å². The van der Waals surface area contributed by atoms with Crippen molar-refractivity contribution >= 4 is 11.8 Å². The third-order valence-electron chi connectivity index (χ3n) is 1.78. The van der Waals surface area contributed by atoms with E-state index >= 15 is 0 Å². The highest BCUT2D eigenvalue weighted by molar-refractivity contribution is 5.77. The Hall–Kier alpha value is -1.32. The van der Waals surface area contributed by atoms with Crippen LogP contribution in [0.1, 0.15) is 13.8 Å². The van der Waals surface area contributed by atoms with Crippen molar-refractivity contribution in [2.24, 2.45) is 0 Å². The second kappa shape index (κ2) is 3.38. The van der Waals surface area contributed by atoms with Crippen molar-refractivity contribution in [1.82, 2.24) is 9.80 Å². The molecule has 1 aliphatic rings. The zero-order valence-electron chi connectivity index (χ0n) is 7.28. The lowest BCUT2D eigenvalue weighted by atomic mass is 10.4. The van der Waals surface area contributed by atoms with Gasteiger partial charge in [-0.25, -0.2) is 0 Å². The molecule has 1 rings (SSSR count). The van der Waals surface area contributed by atoms with Crippen LogP contribution in [0, 0.1) is 0 Å². The molecule has 66 valence electrons. The highest BCUT2D eigenvalue weighted by Gasteiger charge is 2.16. The van der Waals surface area contributed by atoms with Crippen molar-refractivity contribution < 1.29 is 9.59 Å². The van der Waals surface area contributed by atoms with Gasteiger partial charge in [0.2, 0.25) is 11.8 Å². The quantitative estimate of drug-likeness (QED) is 0.517. The maximum atomic E-state index is 10.9. The summed E-state index contributed by atoms with van der Waals surface area (Å²) in [4.78, 5) is 24.9. The van der Waals surface area contributed by atoms with Crippen LogP contribution in [0.5, 0.6) is 0 Å². The van der Waals surface area contributed by atoms with Gasteiger partial charge in [0.15, 0.2) is 0 Å². The van der Waals surface area contributed by atoms with Crippen LogP contribution in [0.2, 0.25) is 0 Å². The van der Waals surface area contributed by atoms with Gasteiger partial charge in [-0.2, -0.15) is 0 Å². The fourth-order valence-corrected chi connectivity index (χ4v) is 1.02. The lowest BCUT2D eigenvalue weighted by Gasteiger charge is -2.29. The molecule has 0 aliphatic carbocycles. The minimum atomic E-state index is -0.0443. The van der Waals surface area contributed by atoms with Crippen LogP contribution in [0.15, 0.2) is 12.3 Å². The van der Waals surface area contributed by atoms with Gasteiger partial charge in [-0.3, -0.25) is 9.59 Å². The lowest BCUT2D eigenvalue weighted by molar-refractivity contribution is -0.135. The van der Waals surface area contributed by atoms with Crippen LogP contribution in [0.4, 0.5) is 0 Å². The molecule has 1 heterocycles. The minimum Gasteiger partial charge on any atom is -0.321 e. The largest absolute Gasteiger partial charge is 0.321 e. The van der Waals surface area contributed by atoms with Crippen LogP contribution in [0.25, 0.3) is 0 Å². The molecule has 0 aromatic rings. The van der Waals surface area contributed by atoms with Crippen LogP contribution in [-0.4, -0.2) is 34.8 Å². The highest BCUT2D eigenvalue weighted by Crippen LogP contribution is 2.03. The molecule has 0 bridgehead atoms. The summed E-state index contributed by atoms with van der Waals surface area (Å²) in [6, 6.07) is 0. The van der Waals surface area contributed by atoms with Crippen molar-refractivity contribution in [2.45, 2.75) is 13.8 Å². The fourth-order valence-electron chi connectivity index (χ4n) is 1.02. The van der Waals surface area contributed by atoms with Crippen molar-refractivity contribution in [3.8, 4) is 0 Å². The van der Waals surface area contributed by atoms with E-state index in [2.05, 4.69) is 0 Å². The lowest BCUT2D eigenvalue weighted by Crippen LogP contribution is -2.42. The summed E-state index contributed by atoms with van der Waals surface area (Å²) in [5.74, 6) is -0.0530. The average Bonchev–Trinajstić information content (AvgIpc) is 2.04. The minimum absolute atomic E-state index is 0.00870. The zero-order valence-corrected chi connectivity index (χ0v) is 7.28. The Morgan fingerprint density at radius 1 is 1.25 bits per heavy atom. The molecule has 12 heavy (non-hydrogen) atoms. The van der Waals surface area contributed by atoms with E-state index in [4.69, 9.17) is 0 Å². The average molecular weight is 168 g/mol. The molecule has 0 aromatic heterocycles. The predicted octanol–water partition coefficient (Wildman–Crippen LogP) is 0.168. The first-order valence-corrected chi connectivity index (χ1v) is 3.80. The third kappa shape index (κ3) is 1.84. The van der Waals surface area contributed by atoms with Gasteiger partial charge in [0.25, 0.3) is 0 Å². The van der Waals surface area contributed by atoms with Crippen LogP contribution >= 0.6 is 0 Å². The summed E-state index contributed by atoms with van der Waals surface area (Å²) in [5, 5.41) is 0. The van der Waals surface area contributed by atoms with E-state index < -0.39 is 0 Å². The number of carbonyl (C=O) groups is 2. The molecule has 0 radical (unpaired) electrons. The fraction of sp³-hybridized carbons (Fsp3) is 0.500. The van der Waals surface area contributed by atoms with Crippen molar-refractivity contribution in [1.29, 1.82) is 0 Å². The molecule has 0 fully saturated rings. The molecule has 0 atom stereocenters. The monoisotopic (exact) mass is 168 g/mol. The number of hydrogen-bond acceptors (Lipinski definition) is 2. The number of hydrogen-bond donors (Lipinski definition) is 0. The smallest absolute Gasteiger partial charge is 0.224 e. The van der Waals surface area contributed by atoms with Gasteiger partial charge in [-0.15, -0.1) is 0 Å². The number of amides is 2. The number of rotatable bonds is 0. The van der Waals surface area contributed by atoms with E-state index in [9.17, 15) is 9.59 Å². The van der Waals surface area contributed by atoms with Crippen LogP contribution in [-0.2, 0) is 9.59 Å².